The summed E-state index contributed by atoms with van der Waals surface area (Å²) in [6, 6.07) is 9.69. The fourth-order valence-electron chi connectivity index (χ4n) is 3.08. The van der Waals surface area contributed by atoms with Crippen LogP contribution in [0.25, 0.3) is 0 Å². The molecule has 0 aliphatic carbocycles. The molecule has 1 aliphatic rings. The Morgan fingerprint density at radius 3 is 2.57 bits per heavy atom. The van der Waals surface area contributed by atoms with Crippen LogP contribution in [0, 0.1) is 11.2 Å². The summed E-state index contributed by atoms with van der Waals surface area (Å²) < 4.78 is 13.3. The molecule has 0 saturated heterocycles. The Morgan fingerprint density at radius 1 is 1.25 bits per heavy atom. The zero-order valence-electron chi connectivity index (χ0n) is 16.2. The molecule has 7 heteroatoms. The van der Waals surface area contributed by atoms with Crippen molar-refractivity contribution in [1.82, 2.24) is 10.3 Å². The molecule has 1 atom stereocenters. The number of halogens is 1. The van der Waals surface area contributed by atoms with E-state index in [9.17, 15) is 14.0 Å². The molecule has 0 spiro atoms. The topological polar surface area (TPSA) is 61.8 Å². The Bertz CT molecular complexity index is 870. The maximum absolute atomic E-state index is 13.3. The van der Waals surface area contributed by atoms with E-state index in [2.05, 4.69) is 10.4 Å². The average Bonchev–Trinajstić information content (AvgIpc) is 3.28. The Kier molecular flexibility index (Phi) is 5.93. The van der Waals surface area contributed by atoms with Crippen LogP contribution >= 0.6 is 11.3 Å². The van der Waals surface area contributed by atoms with Crippen LogP contribution in [-0.2, 0) is 9.59 Å². The van der Waals surface area contributed by atoms with Gasteiger partial charge in [-0.15, -0.1) is 11.3 Å². The quantitative estimate of drug-likeness (QED) is 0.819. The molecule has 2 amide bonds. The zero-order chi connectivity index (χ0) is 20.3. The van der Waals surface area contributed by atoms with Gasteiger partial charge in [-0.3, -0.25) is 9.59 Å². The van der Waals surface area contributed by atoms with E-state index in [-0.39, 0.29) is 35.6 Å². The Morgan fingerprint density at radius 2 is 1.96 bits per heavy atom. The van der Waals surface area contributed by atoms with Crippen molar-refractivity contribution in [1.29, 1.82) is 0 Å². The number of carbonyl (C=O) groups is 2. The molecule has 148 valence electrons. The monoisotopic (exact) mass is 401 g/mol. The van der Waals surface area contributed by atoms with Crippen LogP contribution in [0.4, 0.5) is 4.39 Å². The van der Waals surface area contributed by atoms with Crippen LogP contribution in [0.3, 0.4) is 0 Å². The number of hydrogen-bond donors (Lipinski definition) is 1. The second-order valence-corrected chi connectivity index (χ2v) is 9.00. The third-order valence-electron chi connectivity index (χ3n) is 4.35. The first kappa shape index (κ1) is 20.2. The number of amides is 2. The third kappa shape index (κ3) is 5.04. The second-order valence-electron chi connectivity index (χ2n) is 8.05. The number of hydrazone groups is 1. The molecule has 0 radical (unpaired) electrons. The number of carbonyl (C=O) groups excluding carboxylic acids is 2. The van der Waals surface area contributed by atoms with E-state index >= 15 is 0 Å². The Balaban J connectivity index is 1.76. The summed E-state index contributed by atoms with van der Waals surface area (Å²) in [5, 5.41) is 10.6. The van der Waals surface area contributed by atoms with Crippen LogP contribution in [0.1, 0.15) is 50.1 Å². The van der Waals surface area contributed by atoms with Gasteiger partial charge in [-0.25, -0.2) is 9.40 Å². The van der Waals surface area contributed by atoms with E-state index in [1.165, 1.54) is 17.1 Å². The van der Waals surface area contributed by atoms with Crippen molar-refractivity contribution in [3.8, 4) is 0 Å². The summed E-state index contributed by atoms with van der Waals surface area (Å²) in [6.45, 7) is 5.79. The van der Waals surface area contributed by atoms with Gasteiger partial charge in [-0.2, -0.15) is 5.10 Å². The van der Waals surface area contributed by atoms with E-state index in [4.69, 9.17) is 0 Å². The van der Waals surface area contributed by atoms with E-state index in [1.54, 1.807) is 23.5 Å². The van der Waals surface area contributed by atoms with E-state index in [0.29, 0.717) is 12.8 Å². The lowest BCUT2D eigenvalue weighted by Crippen LogP contribution is -2.38. The molecule has 0 unspecified atom stereocenters. The van der Waals surface area contributed by atoms with Gasteiger partial charge in [-0.1, -0.05) is 39.0 Å². The molecule has 1 aromatic heterocycles. The minimum absolute atomic E-state index is 0.117. The van der Waals surface area contributed by atoms with Crippen LogP contribution in [0.15, 0.2) is 46.9 Å². The van der Waals surface area contributed by atoms with Gasteiger partial charge < -0.3 is 5.32 Å². The van der Waals surface area contributed by atoms with Crippen molar-refractivity contribution in [3.63, 3.8) is 0 Å². The third-order valence-corrected chi connectivity index (χ3v) is 5.27. The van der Waals surface area contributed by atoms with Crippen molar-refractivity contribution in [2.24, 2.45) is 10.5 Å². The first-order valence-corrected chi connectivity index (χ1v) is 10.1. The maximum atomic E-state index is 13.3. The Labute approximate surface area is 168 Å². The molecule has 3 rings (SSSR count). The molecule has 2 aromatic rings. The predicted octanol–water partition coefficient (Wildman–Crippen LogP) is 4.12. The minimum Gasteiger partial charge on any atom is -0.347 e. The van der Waals surface area contributed by atoms with Gasteiger partial charge in [0.25, 0.3) is 5.91 Å². The number of thiophene rings is 1. The lowest BCUT2D eigenvalue weighted by molar-refractivity contribution is -0.134. The molecule has 2 heterocycles. The Hall–Kier alpha value is -2.54. The molecule has 5 nitrogen and oxygen atoms in total. The summed E-state index contributed by atoms with van der Waals surface area (Å²) in [4.78, 5) is 25.9. The molecular weight excluding hydrogens is 377 g/mol. The van der Waals surface area contributed by atoms with Crippen molar-refractivity contribution in [2.75, 3.05) is 6.54 Å². The standard InChI is InChI=1S/C21H24FN3O2S/c1-21(2,3)12-19(26)23-13-20(27)25-17(14-6-8-15(22)9-7-14)11-16(24-25)18-5-4-10-28-18/h4-10,17H,11-13H2,1-3H3,(H,23,26)/t17-/m1/s1. The summed E-state index contributed by atoms with van der Waals surface area (Å²) >= 11 is 1.56. The number of nitrogens with zero attached hydrogens (tertiary/aromatic N) is 2. The normalized spacial score (nSPS) is 16.8. The largest absolute Gasteiger partial charge is 0.347 e. The fourth-order valence-corrected chi connectivity index (χ4v) is 3.80. The number of nitrogens with one attached hydrogen (secondary N) is 1. The van der Waals surface area contributed by atoms with E-state index in [0.717, 1.165) is 16.2 Å². The van der Waals surface area contributed by atoms with Gasteiger partial charge in [-0.05, 0) is 34.6 Å². The molecule has 1 N–H and O–H groups in total. The van der Waals surface area contributed by atoms with Crippen LogP contribution in [-0.4, -0.2) is 29.1 Å². The maximum Gasteiger partial charge on any atom is 0.262 e. The van der Waals surface area contributed by atoms with Crippen molar-refractivity contribution in [3.05, 3.63) is 58.0 Å². The van der Waals surface area contributed by atoms with Gasteiger partial charge in [0, 0.05) is 12.8 Å². The van der Waals surface area contributed by atoms with E-state index < -0.39 is 0 Å². The lowest BCUT2D eigenvalue weighted by Gasteiger charge is -2.23. The smallest absolute Gasteiger partial charge is 0.262 e. The number of rotatable bonds is 5. The lowest BCUT2D eigenvalue weighted by atomic mass is 9.92. The average molecular weight is 402 g/mol. The molecular formula is C21H24FN3O2S. The van der Waals surface area contributed by atoms with Gasteiger partial charge in [0.05, 0.1) is 23.2 Å². The molecule has 28 heavy (non-hydrogen) atoms. The van der Waals surface area contributed by atoms with Gasteiger partial charge in [0.15, 0.2) is 0 Å². The summed E-state index contributed by atoms with van der Waals surface area (Å²) in [6.07, 6.45) is 0.888. The number of hydrogen-bond acceptors (Lipinski definition) is 4. The van der Waals surface area contributed by atoms with Crippen molar-refractivity contribution < 1.29 is 14.0 Å². The fraction of sp³-hybridized carbons (Fsp3) is 0.381. The highest BCUT2D eigenvalue weighted by Gasteiger charge is 2.33. The van der Waals surface area contributed by atoms with Crippen molar-refractivity contribution in [2.45, 2.75) is 39.7 Å². The second kappa shape index (κ2) is 8.22. The molecule has 1 aromatic carbocycles. The van der Waals surface area contributed by atoms with Crippen LogP contribution in [0.5, 0.6) is 0 Å². The molecule has 0 bridgehead atoms. The zero-order valence-corrected chi connectivity index (χ0v) is 17.1. The first-order valence-electron chi connectivity index (χ1n) is 9.18. The summed E-state index contributed by atoms with van der Waals surface area (Å²) in [5.41, 5.74) is 1.48. The van der Waals surface area contributed by atoms with Gasteiger partial charge in [0.1, 0.15) is 5.82 Å². The minimum atomic E-state index is -0.325. The van der Waals surface area contributed by atoms with Crippen LogP contribution < -0.4 is 5.32 Å². The van der Waals surface area contributed by atoms with Gasteiger partial charge in [0.2, 0.25) is 5.91 Å². The highest BCUT2D eigenvalue weighted by molar-refractivity contribution is 7.12. The summed E-state index contributed by atoms with van der Waals surface area (Å²) in [5.74, 6) is -0.780. The van der Waals surface area contributed by atoms with Crippen molar-refractivity contribution >= 4 is 28.9 Å². The SMILES string of the molecule is CC(C)(C)CC(=O)NCC(=O)N1N=C(c2cccs2)C[C@@H]1c1ccc(F)cc1. The molecule has 1 aliphatic heterocycles. The van der Waals surface area contributed by atoms with Gasteiger partial charge >= 0.3 is 0 Å². The van der Waals surface area contributed by atoms with Crippen LogP contribution in [0.2, 0.25) is 0 Å². The first-order chi connectivity index (χ1) is 13.2. The predicted molar refractivity (Wildman–Crippen MR) is 109 cm³/mol. The highest BCUT2D eigenvalue weighted by atomic mass is 32.1. The number of benzene rings is 1. The molecule has 0 fully saturated rings. The van der Waals surface area contributed by atoms with E-state index in [1.807, 2.05) is 38.3 Å². The molecule has 0 saturated carbocycles. The highest BCUT2D eigenvalue weighted by Crippen LogP contribution is 2.33. The summed E-state index contributed by atoms with van der Waals surface area (Å²) in [7, 11) is 0.